The molecule has 0 spiro atoms. The van der Waals surface area contributed by atoms with Gasteiger partial charge in [0.2, 0.25) is 0 Å². The zero-order valence-corrected chi connectivity index (χ0v) is 9.72. The van der Waals surface area contributed by atoms with E-state index in [-0.39, 0.29) is 0 Å². The van der Waals surface area contributed by atoms with Crippen LogP contribution in [-0.4, -0.2) is 4.98 Å². The van der Waals surface area contributed by atoms with Crippen LogP contribution in [0.1, 0.15) is 5.56 Å². The molecule has 2 aromatic carbocycles. The number of hydrogen-bond donors (Lipinski definition) is 0. The number of pyridine rings is 1. The maximum atomic E-state index is 4.42. The maximum Gasteiger partial charge on any atom is 0.0704 e. The van der Waals surface area contributed by atoms with Crippen molar-refractivity contribution in [3.8, 4) is 11.3 Å². The highest BCUT2D eigenvalue weighted by atomic mass is 14.7. The monoisotopic (exact) mass is 219 g/mol. The molecule has 17 heavy (non-hydrogen) atoms. The van der Waals surface area contributed by atoms with E-state index < -0.39 is 0 Å². The van der Waals surface area contributed by atoms with Gasteiger partial charge in [-0.3, -0.25) is 4.98 Å². The predicted octanol–water partition coefficient (Wildman–Crippen LogP) is 4.21. The lowest BCUT2D eigenvalue weighted by Crippen LogP contribution is -1.87. The molecule has 1 nitrogen and oxygen atoms in total. The minimum atomic E-state index is 1.04. The SMILES string of the molecule is Cc1c(-c2ccccn2)ccc2ccccc12. The first-order chi connectivity index (χ1) is 8.36. The molecule has 0 atom stereocenters. The van der Waals surface area contributed by atoms with Crippen molar-refractivity contribution < 1.29 is 0 Å². The molecule has 82 valence electrons. The molecule has 1 heteroatoms. The number of benzene rings is 2. The normalized spacial score (nSPS) is 10.6. The van der Waals surface area contributed by atoms with Gasteiger partial charge in [0.1, 0.15) is 0 Å². The molecular weight excluding hydrogens is 206 g/mol. The summed E-state index contributed by atoms with van der Waals surface area (Å²) in [5.41, 5.74) is 3.54. The van der Waals surface area contributed by atoms with E-state index in [1.165, 1.54) is 21.9 Å². The lowest BCUT2D eigenvalue weighted by molar-refractivity contribution is 1.31. The summed E-state index contributed by atoms with van der Waals surface area (Å²) >= 11 is 0. The molecule has 3 rings (SSSR count). The first kappa shape index (κ1) is 10.0. The molecule has 1 heterocycles. The Hall–Kier alpha value is -2.15. The quantitative estimate of drug-likeness (QED) is 0.597. The molecule has 0 saturated heterocycles. The van der Waals surface area contributed by atoms with Gasteiger partial charge in [0.15, 0.2) is 0 Å². The van der Waals surface area contributed by atoms with Crippen molar-refractivity contribution >= 4 is 10.8 Å². The van der Waals surface area contributed by atoms with Crippen LogP contribution in [0.2, 0.25) is 0 Å². The average Bonchev–Trinajstić information content (AvgIpc) is 2.40. The molecule has 0 bridgehead atoms. The fourth-order valence-corrected chi connectivity index (χ4v) is 2.23. The van der Waals surface area contributed by atoms with E-state index in [1.807, 2.05) is 18.3 Å². The number of hydrogen-bond acceptors (Lipinski definition) is 1. The second kappa shape index (κ2) is 4.02. The predicted molar refractivity (Wildman–Crippen MR) is 71.9 cm³/mol. The smallest absolute Gasteiger partial charge is 0.0704 e. The minimum Gasteiger partial charge on any atom is -0.256 e. The van der Waals surface area contributed by atoms with Gasteiger partial charge in [-0.2, -0.15) is 0 Å². The van der Waals surface area contributed by atoms with Gasteiger partial charge >= 0.3 is 0 Å². The number of fused-ring (bicyclic) bond motifs is 1. The maximum absolute atomic E-state index is 4.42. The van der Waals surface area contributed by atoms with Crippen LogP contribution in [0.4, 0.5) is 0 Å². The van der Waals surface area contributed by atoms with E-state index in [2.05, 4.69) is 54.4 Å². The summed E-state index contributed by atoms with van der Waals surface area (Å²) in [6, 6.07) is 18.8. The summed E-state index contributed by atoms with van der Waals surface area (Å²) in [6.45, 7) is 2.16. The van der Waals surface area contributed by atoms with Crippen molar-refractivity contribution in [3.05, 3.63) is 66.4 Å². The molecule has 0 aliphatic heterocycles. The lowest BCUT2D eigenvalue weighted by Gasteiger charge is -2.08. The van der Waals surface area contributed by atoms with Gasteiger partial charge in [-0.15, -0.1) is 0 Å². The van der Waals surface area contributed by atoms with Crippen LogP contribution in [0.5, 0.6) is 0 Å². The van der Waals surface area contributed by atoms with Gasteiger partial charge in [0.25, 0.3) is 0 Å². The van der Waals surface area contributed by atoms with Crippen LogP contribution in [0.15, 0.2) is 60.8 Å². The Labute approximate surface area is 101 Å². The number of aromatic nitrogens is 1. The van der Waals surface area contributed by atoms with Gasteiger partial charge in [-0.1, -0.05) is 42.5 Å². The third kappa shape index (κ3) is 1.70. The van der Waals surface area contributed by atoms with Crippen molar-refractivity contribution in [1.29, 1.82) is 0 Å². The Morgan fingerprint density at radius 1 is 0.824 bits per heavy atom. The van der Waals surface area contributed by atoms with E-state index >= 15 is 0 Å². The molecule has 0 unspecified atom stereocenters. The molecule has 0 aliphatic carbocycles. The van der Waals surface area contributed by atoms with Gasteiger partial charge in [0, 0.05) is 11.8 Å². The van der Waals surface area contributed by atoms with Gasteiger partial charge in [0.05, 0.1) is 5.69 Å². The Morgan fingerprint density at radius 2 is 1.65 bits per heavy atom. The van der Waals surface area contributed by atoms with E-state index in [0.29, 0.717) is 0 Å². The van der Waals surface area contributed by atoms with E-state index in [1.54, 1.807) is 0 Å². The van der Waals surface area contributed by atoms with Crippen molar-refractivity contribution in [3.63, 3.8) is 0 Å². The van der Waals surface area contributed by atoms with Crippen LogP contribution in [0.25, 0.3) is 22.0 Å². The summed E-state index contributed by atoms with van der Waals surface area (Å²) in [5, 5.41) is 2.58. The van der Waals surface area contributed by atoms with Gasteiger partial charge < -0.3 is 0 Å². The Bertz CT molecular complexity index is 657. The third-order valence-corrected chi connectivity index (χ3v) is 3.14. The molecule has 0 saturated carbocycles. The summed E-state index contributed by atoms with van der Waals surface area (Å²) in [4.78, 5) is 4.42. The fourth-order valence-electron chi connectivity index (χ4n) is 2.23. The zero-order valence-electron chi connectivity index (χ0n) is 9.72. The first-order valence-corrected chi connectivity index (χ1v) is 5.76. The molecule has 0 radical (unpaired) electrons. The van der Waals surface area contributed by atoms with Crippen LogP contribution < -0.4 is 0 Å². The van der Waals surface area contributed by atoms with E-state index in [4.69, 9.17) is 0 Å². The Balaban J connectivity index is 2.29. The summed E-state index contributed by atoms with van der Waals surface area (Å²) in [6.07, 6.45) is 1.84. The van der Waals surface area contributed by atoms with Crippen LogP contribution in [0, 0.1) is 6.92 Å². The number of aryl methyl sites for hydroxylation is 1. The van der Waals surface area contributed by atoms with E-state index in [9.17, 15) is 0 Å². The molecule has 0 N–H and O–H groups in total. The summed E-state index contributed by atoms with van der Waals surface area (Å²) < 4.78 is 0. The second-order valence-corrected chi connectivity index (χ2v) is 4.17. The second-order valence-electron chi connectivity index (χ2n) is 4.17. The van der Waals surface area contributed by atoms with Crippen molar-refractivity contribution in [2.24, 2.45) is 0 Å². The molecule has 0 aliphatic rings. The van der Waals surface area contributed by atoms with Crippen LogP contribution in [0.3, 0.4) is 0 Å². The van der Waals surface area contributed by atoms with Crippen molar-refractivity contribution in [2.75, 3.05) is 0 Å². The Kier molecular flexibility index (Phi) is 2.37. The standard InChI is InChI=1S/C16H13N/c1-12-14-7-3-2-6-13(14)9-10-15(12)16-8-4-5-11-17-16/h2-11H,1H3. The molecule has 1 aromatic heterocycles. The highest BCUT2D eigenvalue weighted by Crippen LogP contribution is 2.28. The largest absolute Gasteiger partial charge is 0.256 e. The van der Waals surface area contributed by atoms with Crippen molar-refractivity contribution in [1.82, 2.24) is 4.98 Å². The zero-order chi connectivity index (χ0) is 11.7. The first-order valence-electron chi connectivity index (χ1n) is 5.76. The fraction of sp³-hybridized carbons (Fsp3) is 0.0625. The highest BCUT2D eigenvalue weighted by Gasteiger charge is 2.05. The summed E-state index contributed by atoms with van der Waals surface area (Å²) in [7, 11) is 0. The van der Waals surface area contributed by atoms with E-state index in [0.717, 1.165) is 5.69 Å². The Morgan fingerprint density at radius 3 is 2.47 bits per heavy atom. The number of rotatable bonds is 1. The van der Waals surface area contributed by atoms with Crippen molar-refractivity contribution in [2.45, 2.75) is 6.92 Å². The van der Waals surface area contributed by atoms with Gasteiger partial charge in [-0.25, -0.2) is 0 Å². The molecule has 0 fully saturated rings. The summed E-state index contributed by atoms with van der Waals surface area (Å²) in [5.74, 6) is 0. The average molecular weight is 219 g/mol. The third-order valence-electron chi connectivity index (χ3n) is 3.14. The molecule has 0 amide bonds. The molecule has 3 aromatic rings. The van der Waals surface area contributed by atoms with Crippen LogP contribution in [-0.2, 0) is 0 Å². The van der Waals surface area contributed by atoms with Gasteiger partial charge in [-0.05, 0) is 35.4 Å². The van der Waals surface area contributed by atoms with Crippen LogP contribution >= 0.6 is 0 Å². The lowest BCUT2D eigenvalue weighted by atomic mass is 9.98. The number of nitrogens with zero attached hydrogens (tertiary/aromatic N) is 1. The highest BCUT2D eigenvalue weighted by molar-refractivity contribution is 5.90. The minimum absolute atomic E-state index is 1.04. The topological polar surface area (TPSA) is 12.9 Å². The molecular formula is C16H13N.